The Labute approximate surface area is 171 Å². The van der Waals surface area contributed by atoms with Gasteiger partial charge in [0.05, 0.1) is 17.7 Å². The van der Waals surface area contributed by atoms with Crippen molar-refractivity contribution in [3.63, 3.8) is 0 Å². The molecule has 1 aliphatic heterocycles. The van der Waals surface area contributed by atoms with E-state index in [0.29, 0.717) is 18.0 Å². The highest BCUT2D eigenvalue weighted by Gasteiger charge is 2.31. The summed E-state index contributed by atoms with van der Waals surface area (Å²) in [5.41, 5.74) is 3.70. The summed E-state index contributed by atoms with van der Waals surface area (Å²) in [6.07, 6.45) is 1.54. The van der Waals surface area contributed by atoms with Crippen molar-refractivity contribution in [3.05, 3.63) is 65.9 Å². The Hall–Kier alpha value is -2.64. The van der Waals surface area contributed by atoms with Gasteiger partial charge in [-0.3, -0.25) is 5.10 Å². The number of methoxy groups -OCH3 is 1. The molecule has 0 aliphatic carbocycles. The zero-order valence-electron chi connectivity index (χ0n) is 16.6. The van der Waals surface area contributed by atoms with E-state index in [1.165, 1.54) is 0 Å². The van der Waals surface area contributed by atoms with Crippen LogP contribution in [0.5, 0.6) is 5.75 Å². The molecular weight excluding hydrogens is 386 g/mol. The molecular formula is C22H25N3O3S. The summed E-state index contributed by atoms with van der Waals surface area (Å²) < 4.78 is 32.9. The van der Waals surface area contributed by atoms with Crippen LogP contribution in [-0.4, -0.2) is 43.1 Å². The zero-order chi connectivity index (χ0) is 20.4. The van der Waals surface area contributed by atoms with Gasteiger partial charge in [-0.05, 0) is 49.6 Å². The molecule has 0 amide bonds. The Balaban J connectivity index is 1.46. The van der Waals surface area contributed by atoms with Gasteiger partial charge in [-0.15, -0.1) is 0 Å². The molecule has 1 saturated heterocycles. The first kappa shape index (κ1) is 19.7. The number of hydrogen-bond donors (Lipinski definition) is 1. The van der Waals surface area contributed by atoms with Crippen LogP contribution in [0.1, 0.15) is 30.0 Å². The molecule has 1 N–H and O–H groups in total. The molecule has 1 fully saturated rings. The molecule has 152 valence electrons. The smallest absolute Gasteiger partial charge is 0.243 e. The number of aromatic amines is 1. The number of benzene rings is 2. The van der Waals surface area contributed by atoms with Gasteiger partial charge in [0, 0.05) is 30.3 Å². The van der Waals surface area contributed by atoms with Crippen LogP contribution in [0.4, 0.5) is 0 Å². The summed E-state index contributed by atoms with van der Waals surface area (Å²) in [6, 6.07) is 17.0. The van der Waals surface area contributed by atoms with Gasteiger partial charge < -0.3 is 4.74 Å². The van der Waals surface area contributed by atoms with Crippen LogP contribution in [0, 0.1) is 6.92 Å². The maximum absolute atomic E-state index is 13.0. The molecule has 1 aliphatic rings. The van der Waals surface area contributed by atoms with Crippen molar-refractivity contribution < 1.29 is 13.2 Å². The lowest BCUT2D eigenvalue weighted by Crippen LogP contribution is -2.38. The quantitative estimate of drug-likeness (QED) is 0.689. The second-order valence-electron chi connectivity index (χ2n) is 7.38. The Morgan fingerprint density at radius 2 is 1.83 bits per heavy atom. The van der Waals surface area contributed by atoms with E-state index in [9.17, 15) is 8.42 Å². The molecule has 2 heterocycles. The van der Waals surface area contributed by atoms with Gasteiger partial charge in [0.1, 0.15) is 5.75 Å². The molecule has 3 aromatic rings. The van der Waals surface area contributed by atoms with Crippen molar-refractivity contribution in [2.75, 3.05) is 20.2 Å². The van der Waals surface area contributed by atoms with Crippen LogP contribution in [-0.2, 0) is 10.0 Å². The molecule has 4 rings (SSSR count). The fourth-order valence-electron chi connectivity index (χ4n) is 3.87. The van der Waals surface area contributed by atoms with Gasteiger partial charge in [0.15, 0.2) is 0 Å². The van der Waals surface area contributed by atoms with Crippen LogP contribution in [0.2, 0.25) is 0 Å². The third kappa shape index (κ3) is 3.93. The van der Waals surface area contributed by atoms with Crippen molar-refractivity contribution in [1.82, 2.24) is 14.5 Å². The number of nitrogens with zero attached hydrogens (tertiary/aromatic N) is 2. The fourth-order valence-corrected chi connectivity index (χ4v) is 5.56. The minimum Gasteiger partial charge on any atom is -0.497 e. The number of rotatable bonds is 5. The molecule has 6 nitrogen and oxygen atoms in total. The third-order valence-corrected chi connectivity index (χ3v) is 7.63. The van der Waals surface area contributed by atoms with Crippen molar-refractivity contribution in [2.24, 2.45) is 0 Å². The van der Waals surface area contributed by atoms with Crippen molar-refractivity contribution in [1.29, 1.82) is 0 Å². The van der Waals surface area contributed by atoms with Crippen LogP contribution >= 0.6 is 0 Å². The highest BCUT2D eigenvalue weighted by molar-refractivity contribution is 7.89. The fraction of sp³-hybridized carbons (Fsp3) is 0.318. The van der Waals surface area contributed by atoms with Crippen LogP contribution < -0.4 is 4.74 Å². The van der Waals surface area contributed by atoms with Crippen LogP contribution in [0.15, 0.2) is 59.5 Å². The highest BCUT2D eigenvalue weighted by atomic mass is 32.2. The first-order chi connectivity index (χ1) is 14.0. The molecule has 7 heteroatoms. The number of sulfonamides is 1. The van der Waals surface area contributed by atoms with Gasteiger partial charge in [-0.25, -0.2) is 8.42 Å². The first-order valence-corrected chi connectivity index (χ1v) is 11.2. The average molecular weight is 412 g/mol. The molecule has 0 unspecified atom stereocenters. The summed E-state index contributed by atoms with van der Waals surface area (Å²) in [4.78, 5) is 0.403. The monoisotopic (exact) mass is 411 g/mol. The number of aryl methyl sites for hydroxylation is 1. The van der Waals surface area contributed by atoms with Crippen molar-refractivity contribution >= 4 is 10.0 Å². The van der Waals surface area contributed by atoms with Gasteiger partial charge in [0.25, 0.3) is 0 Å². The molecule has 2 aromatic carbocycles. The highest BCUT2D eigenvalue weighted by Crippen LogP contribution is 2.32. The Morgan fingerprint density at radius 1 is 1.07 bits per heavy atom. The number of nitrogens with one attached hydrogen (secondary N) is 1. The molecule has 0 bridgehead atoms. The maximum Gasteiger partial charge on any atom is 0.243 e. The number of H-pyrrole nitrogens is 1. The van der Waals surface area contributed by atoms with Crippen molar-refractivity contribution in [3.8, 4) is 17.0 Å². The van der Waals surface area contributed by atoms with Crippen LogP contribution in [0.3, 0.4) is 0 Å². The van der Waals surface area contributed by atoms with E-state index in [-0.39, 0.29) is 5.92 Å². The van der Waals surface area contributed by atoms with Crippen LogP contribution in [0.25, 0.3) is 11.3 Å². The molecule has 0 saturated carbocycles. The zero-order valence-corrected chi connectivity index (χ0v) is 17.4. The number of ether oxygens (including phenoxy) is 1. The first-order valence-electron chi connectivity index (χ1n) is 9.74. The summed E-state index contributed by atoms with van der Waals surface area (Å²) in [5, 5.41) is 7.60. The van der Waals surface area contributed by atoms with E-state index in [1.807, 2.05) is 43.3 Å². The lowest BCUT2D eigenvalue weighted by atomic mass is 9.94. The summed E-state index contributed by atoms with van der Waals surface area (Å²) >= 11 is 0. The molecule has 1 aromatic heterocycles. The minimum absolute atomic E-state index is 0.269. The van der Waals surface area contributed by atoms with E-state index < -0.39 is 10.0 Å². The lowest BCUT2D eigenvalue weighted by molar-refractivity contribution is 0.316. The SMILES string of the molecule is COc1cccc(-c2cc(C3CCN(S(=O)(=O)c4ccccc4C)CC3)[nH]n2)c1. The second-order valence-corrected chi connectivity index (χ2v) is 9.29. The van der Waals surface area contributed by atoms with Crippen molar-refractivity contribution in [2.45, 2.75) is 30.6 Å². The lowest BCUT2D eigenvalue weighted by Gasteiger charge is -2.31. The summed E-state index contributed by atoms with van der Waals surface area (Å²) in [6.45, 7) is 2.86. The van der Waals surface area contributed by atoms with Gasteiger partial charge in [-0.2, -0.15) is 9.40 Å². The predicted octanol–water partition coefficient (Wildman–Crippen LogP) is 3.96. The normalized spacial score (nSPS) is 16.1. The molecule has 0 atom stereocenters. The third-order valence-electron chi connectivity index (χ3n) is 5.57. The molecule has 0 radical (unpaired) electrons. The standard InChI is InChI=1S/C22H25N3O3S/c1-16-6-3-4-9-22(16)29(26,27)25-12-10-17(11-13-25)20-15-21(24-23-20)18-7-5-8-19(14-18)28-2/h3-9,14-15,17H,10-13H2,1-2H3,(H,23,24). The average Bonchev–Trinajstić information content (AvgIpc) is 3.24. The number of piperidine rings is 1. The van der Waals surface area contributed by atoms with E-state index in [0.717, 1.165) is 41.1 Å². The molecule has 29 heavy (non-hydrogen) atoms. The van der Waals surface area contributed by atoms with E-state index in [1.54, 1.807) is 23.5 Å². The van der Waals surface area contributed by atoms with E-state index in [2.05, 4.69) is 16.3 Å². The van der Waals surface area contributed by atoms with E-state index >= 15 is 0 Å². The van der Waals surface area contributed by atoms with Gasteiger partial charge in [0.2, 0.25) is 10.0 Å². The topological polar surface area (TPSA) is 75.3 Å². The van der Waals surface area contributed by atoms with E-state index in [4.69, 9.17) is 4.74 Å². The Morgan fingerprint density at radius 3 is 2.55 bits per heavy atom. The molecule has 0 spiro atoms. The van der Waals surface area contributed by atoms with Gasteiger partial charge in [-0.1, -0.05) is 30.3 Å². The number of hydrogen-bond acceptors (Lipinski definition) is 4. The summed E-state index contributed by atoms with van der Waals surface area (Å²) in [5.74, 6) is 1.06. The largest absolute Gasteiger partial charge is 0.497 e. The van der Waals surface area contributed by atoms with Gasteiger partial charge >= 0.3 is 0 Å². The summed E-state index contributed by atoms with van der Waals surface area (Å²) in [7, 11) is -1.80. The maximum atomic E-state index is 13.0. The predicted molar refractivity (Wildman–Crippen MR) is 112 cm³/mol. The minimum atomic E-state index is -3.45. The number of aromatic nitrogens is 2. The Kier molecular flexibility index (Phi) is 5.43. The Bertz CT molecular complexity index is 1100. The second kappa shape index (κ2) is 8.00.